The molecule has 0 aliphatic carbocycles. The number of carbonyl (C=O) groups excluding carboxylic acids is 1. The van der Waals surface area contributed by atoms with Gasteiger partial charge in [-0.05, 0) is 51.1 Å². The largest absolute Gasteiger partial charge is 0.344 e. The fraction of sp³-hybridized carbons (Fsp3) is 0.316. The van der Waals surface area contributed by atoms with Gasteiger partial charge in [0.2, 0.25) is 0 Å². The summed E-state index contributed by atoms with van der Waals surface area (Å²) in [6.07, 6.45) is 0.696. The van der Waals surface area contributed by atoms with Gasteiger partial charge in [0.25, 0.3) is 5.91 Å². The SMILES string of the molecule is Cc1cc(C)n(-c2ccc(C(C)NC(=O)c3csc(CCN)n3)cc2)n1. The molecule has 3 rings (SSSR count). The van der Waals surface area contributed by atoms with Gasteiger partial charge in [-0.1, -0.05) is 12.1 Å². The van der Waals surface area contributed by atoms with Crippen LogP contribution in [0.25, 0.3) is 5.69 Å². The number of hydrogen-bond acceptors (Lipinski definition) is 5. The van der Waals surface area contributed by atoms with Crippen LogP contribution in [-0.4, -0.2) is 27.2 Å². The molecule has 136 valence electrons. The molecule has 0 bridgehead atoms. The molecule has 0 fully saturated rings. The number of carbonyl (C=O) groups is 1. The van der Waals surface area contributed by atoms with Crippen molar-refractivity contribution < 1.29 is 4.79 Å². The highest BCUT2D eigenvalue weighted by Crippen LogP contribution is 2.18. The van der Waals surface area contributed by atoms with Crippen molar-refractivity contribution in [3.05, 3.63) is 63.4 Å². The monoisotopic (exact) mass is 369 g/mol. The van der Waals surface area contributed by atoms with Gasteiger partial charge in [-0.2, -0.15) is 5.10 Å². The standard InChI is InChI=1S/C19H23N5OS/c1-12-10-13(2)24(23-12)16-6-4-15(5-7-16)14(3)21-19(25)17-11-26-18(22-17)8-9-20/h4-7,10-11,14H,8-9,20H2,1-3H3,(H,21,25). The number of nitrogens with two attached hydrogens (primary N) is 1. The van der Waals surface area contributed by atoms with E-state index in [9.17, 15) is 4.79 Å². The molecular formula is C19H23N5OS. The highest BCUT2D eigenvalue weighted by molar-refractivity contribution is 7.09. The zero-order chi connectivity index (χ0) is 18.7. The van der Waals surface area contributed by atoms with Crippen molar-refractivity contribution in [3.8, 4) is 5.69 Å². The molecule has 1 unspecified atom stereocenters. The lowest BCUT2D eigenvalue weighted by Gasteiger charge is -2.14. The predicted molar refractivity (Wildman–Crippen MR) is 104 cm³/mol. The Hall–Kier alpha value is -2.51. The maximum atomic E-state index is 12.4. The fourth-order valence-electron chi connectivity index (χ4n) is 2.80. The van der Waals surface area contributed by atoms with Crippen LogP contribution < -0.4 is 11.1 Å². The lowest BCUT2D eigenvalue weighted by molar-refractivity contribution is 0.0935. The number of amides is 1. The summed E-state index contributed by atoms with van der Waals surface area (Å²) < 4.78 is 1.91. The number of aryl methyl sites for hydroxylation is 2. The van der Waals surface area contributed by atoms with E-state index in [0.717, 1.165) is 27.6 Å². The lowest BCUT2D eigenvalue weighted by Crippen LogP contribution is -2.27. The Morgan fingerprint density at radius 1 is 1.31 bits per heavy atom. The first kappa shape index (κ1) is 18.3. The van der Waals surface area contributed by atoms with Crippen LogP contribution in [0, 0.1) is 13.8 Å². The molecule has 7 heteroatoms. The normalized spacial score (nSPS) is 12.2. The van der Waals surface area contributed by atoms with Gasteiger partial charge >= 0.3 is 0 Å². The highest BCUT2D eigenvalue weighted by Gasteiger charge is 2.15. The third kappa shape index (κ3) is 4.00. The van der Waals surface area contributed by atoms with E-state index in [4.69, 9.17) is 5.73 Å². The third-order valence-electron chi connectivity index (χ3n) is 4.14. The maximum absolute atomic E-state index is 12.4. The van der Waals surface area contributed by atoms with E-state index in [1.165, 1.54) is 11.3 Å². The molecular weight excluding hydrogens is 346 g/mol. The van der Waals surface area contributed by atoms with E-state index in [1.54, 1.807) is 5.38 Å². The van der Waals surface area contributed by atoms with Gasteiger partial charge in [0.1, 0.15) is 5.69 Å². The van der Waals surface area contributed by atoms with Crippen molar-refractivity contribution in [2.45, 2.75) is 33.2 Å². The van der Waals surface area contributed by atoms with Gasteiger partial charge in [-0.3, -0.25) is 4.79 Å². The van der Waals surface area contributed by atoms with E-state index < -0.39 is 0 Å². The van der Waals surface area contributed by atoms with E-state index in [2.05, 4.69) is 15.4 Å². The Labute approximate surface area is 157 Å². The first-order chi connectivity index (χ1) is 12.5. The number of nitrogens with zero attached hydrogens (tertiary/aromatic N) is 3. The molecule has 0 radical (unpaired) electrons. The lowest BCUT2D eigenvalue weighted by atomic mass is 10.1. The zero-order valence-electron chi connectivity index (χ0n) is 15.2. The molecule has 1 amide bonds. The van der Waals surface area contributed by atoms with Gasteiger partial charge in [-0.15, -0.1) is 11.3 Å². The molecule has 26 heavy (non-hydrogen) atoms. The van der Waals surface area contributed by atoms with Crippen molar-refractivity contribution in [2.75, 3.05) is 6.54 Å². The van der Waals surface area contributed by atoms with Crippen LogP contribution in [0.3, 0.4) is 0 Å². The molecule has 0 spiro atoms. The van der Waals surface area contributed by atoms with E-state index in [-0.39, 0.29) is 11.9 Å². The number of hydrogen-bond donors (Lipinski definition) is 2. The smallest absolute Gasteiger partial charge is 0.271 e. The van der Waals surface area contributed by atoms with Gasteiger partial charge in [0.15, 0.2) is 0 Å². The van der Waals surface area contributed by atoms with E-state index in [1.807, 2.05) is 55.8 Å². The third-order valence-corrected chi connectivity index (χ3v) is 5.05. The maximum Gasteiger partial charge on any atom is 0.271 e. The van der Waals surface area contributed by atoms with Crippen molar-refractivity contribution in [1.29, 1.82) is 0 Å². The molecule has 0 aliphatic rings. The summed E-state index contributed by atoms with van der Waals surface area (Å²) in [5.74, 6) is -0.167. The van der Waals surface area contributed by atoms with Crippen LogP contribution in [0.1, 0.15) is 45.4 Å². The van der Waals surface area contributed by atoms with Gasteiger partial charge in [0.05, 0.1) is 22.4 Å². The van der Waals surface area contributed by atoms with Crippen LogP contribution in [0.5, 0.6) is 0 Å². The average molecular weight is 369 g/mol. The minimum absolute atomic E-state index is 0.114. The minimum atomic E-state index is -0.167. The summed E-state index contributed by atoms with van der Waals surface area (Å²) in [6, 6.07) is 9.98. The Kier molecular flexibility index (Phi) is 5.49. The second-order valence-corrected chi connectivity index (χ2v) is 7.23. The first-order valence-corrected chi connectivity index (χ1v) is 9.45. The summed E-state index contributed by atoms with van der Waals surface area (Å²) in [4.78, 5) is 16.7. The summed E-state index contributed by atoms with van der Waals surface area (Å²) >= 11 is 1.47. The van der Waals surface area contributed by atoms with Gasteiger partial charge in [0, 0.05) is 17.5 Å². The molecule has 1 atom stereocenters. The van der Waals surface area contributed by atoms with Gasteiger partial charge in [-0.25, -0.2) is 9.67 Å². The molecule has 6 nitrogen and oxygen atoms in total. The molecule has 0 saturated carbocycles. The molecule has 2 aromatic heterocycles. The molecule has 0 saturated heterocycles. The number of thiazole rings is 1. The fourth-order valence-corrected chi connectivity index (χ4v) is 3.60. The topological polar surface area (TPSA) is 85.8 Å². The predicted octanol–water partition coefficient (Wildman–Crippen LogP) is 2.94. The van der Waals surface area contributed by atoms with Crippen molar-refractivity contribution in [1.82, 2.24) is 20.1 Å². The van der Waals surface area contributed by atoms with Crippen LogP contribution in [0.2, 0.25) is 0 Å². The Morgan fingerprint density at radius 2 is 2.04 bits per heavy atom. The Morgan fingerprint density at radius 3 is 2.65 bits per heavy atom. The number of benzene rings is 1. The number of nitrogens with one attached hydrogen (secondary N) is 1. The second-order valence-electron chi connectivity index (χ2n) is 6.29. The highest BCUT2D eigenvalue weighted by atomic mass is 32.1. The summed E-state index contributed by atoms with van der Waals surface area (Å²) in [7, 11) is 0. The molecule has 1 aromatic carbocycles. The summed E-state index contributed by atoms with van der Waals surface area (Å²) in [6.45, 7) is 6.51. The quantitative estimate of drug-likeness (QED) is 0.699. The van der Waals surface area contributed by atoms with Crippen LogP contribution in [0.4, 0.5) is 0 Å². The van der Waals surface area contributed by atoms with Crippen LogP contribution in [-0.2, 0) is 6.42 Å². The van der Waals surface area contributed by atoms with E-state index >= 15 is 0 Å². The van der Waals surface area contributed by atoms with Gasteiger partial charge < -0.3 is 11.1 Å². The minimum Gasteiger partial charge on any atom is -0.344 e. The Balaban J connectivity index is 1.68. The van der Waals surface area contributed by atoms with Crippen molar-refractivity contribution in [3.63, 3.8) is 0 Å². The molecule has 2 heterocycles. The Bertz CT molecular complexity index is 897. The van der Waals surface area contributed by atoms with Crippen LogP contribution >= 0.6 is 11.3 Å². The van der Waals surface area contributed by atoms with Crippen molar-refractivity contribution >= 4 is 17.2 Å². The molecule has 3 N–H and O–H groups in total. The summed E-state index contributed by atoms with van der Waals surface area (Å²) in [5, 5.41) is 10.2. The molecule has 0 aliphatic heterocycles. The number of rotatable bonds is 6. The van der Waals surface area contributed by atoms with E-state index in [0.29, 0.717) is 18.7 Å². The average Bonchev–Trinajstić information content (AvgIpc) is 3.21. The van der Waals surface area contributed by atoms with Crippen molar-refractivity contribution in [2.24, 2.45) is 5.73 Å². The first-order valence-electron chi connectivity index (χ1n) is 8.57. The number of aromatic nitrogens is 3. The molecule has 3 aromatic rings. The summed E-state index contributed by atoms with van der Waals surface area (Å²) in [5.41, 5.74) is 10.1. The van der Waals surface area contributed by atoms with Crippen LogP contribution in [0.15, 0.2) is 35.7 Å². The second kappa shape index (κ2) is 7.80. The zero-order valence-corrected chi connectivity index (χ0v) is 16.0.